The van der Waals surface area contributed by atoms with Crippen molar-refractivity contribution in [3.05, 3.63) is 71.3 Å². The van der Waals surface area contributed by atoms with Gasteiger partial charge >= 0.3 is 0 Å². The molecule has 0 spiro atoms. The number of hydrogen-bond acceptors (Lipinski definition) is 2. The predicted octanol–water partition coefficient (Wildman–Crippen LogP) is 3.15. The largest absolute Gasteiger partial charge is 0.379 e. The van der Waals surface area contributed by atoms with Crippen LogP contribution in [-0.2, 0) is 5.60 Å². The van der Waals surface area contributed by atoms with Gasteiger partial charge in [0.15, 0.2) is 5.78 Å². The van der Waals surface area contributed by atoms with E-state index in [4.69, 9.17) is 0 Å². The summed E-state index contributed by atoms with van der Waals surface area (Å²) in [5.41, 5.74) is -0.0340. The second-order valence-electron chi connectivity index (χ2n) is 5.58. The quantitative estimate of drug-likeness (QED) is 0.846. The zero-order chi connectivity index (χ0) is 13.7. The highest BCUT2D eigenvalue weighted by molar-refractivity contribution is 6.06. The van der Waals surface area contributed by atoms with Crippen molar-refractivity contribution in [3.8, 4) is 0 Å². The van der Waals surface area contributed by atoms with Crippen molar-refractivity contribution in [1.29, 1.82) is 0 Å². The SMILES string of the molecule is CC1(C)C(=O)c2ccccc2[C@]1(O)c1ccccc1. The summed E-state index contributed by atoms with van der Waals surface area (Å²) in [5.74, 6) is -0.00514. The Morgan fingerprint density at radius 1 is 0.895 bits per heavy atom. The fourth-order valence-electron chi connectivity index (χ4n) is 3.03. The average molecular weight is 252 g/mol. The van der Waals surface area contributed by atoms with Crippen LogP contribution in [0.25, 0.3) is 0 Å². The van der Waals surface area contributed by atoms with Crippen LogP contribution in [0.3, 0.4) is 0 Å². The van der Waals surface area contributed by atoms with Gasteiger partial charge in [-0.05, 0) is 25.0 Å². The van der Waals surface area contributed by atoms with E-state index >= 15 is 0 Å². The summed E-state index contributed by atoms with van der Waals surface area (Å²) < 4.78 is 0. The van der Waals surface area contributed by atoms with Crippen molar-refractivity contribution in [2.24, 2.45) is 5.41 Å². The van der Waals surface area contributed by atoms with Gasteiger partial charge in [0, 0.05) is 5.56 Å². The molecule has 2 heteroatoms. The monoisotopic (exact) mass is 252 g/mol. The normalized spacial score (nSPS) is 24.3. The molecule has 0 fully saturated rings. The van der Waals surface area contributed by atoms with Crippen LogP contribution >= 0.6 is 0 Å². The Bertz CT molecular complexity index is 643. The highest BCUT2D eigenvalue weighted by atomic mass is 16.3. The Morgan fingerprint density at radius 2 is 1.47 bits per heavy atom. The molecule has 1 atom stereocenters. The third-order valence-corrected chi connectivity index (χ3v) is 4.23. The van der Waals surface area contributed by atoms with Gasteiger partial charge in [0.1, 0.15) is 5.60 Å². The summed E-state index contributed by atoms with van der Waals surface area (Å²) in [6.45, 7) is 3.62. The van der Waals surface area contributed by atoms with Gasteiger partial charge in [0.25, 0.3) is 0 Å². The van der Waals surface area contributed by atoms with Crippen molar-refractivity contribution in [3.63, 3.8) is 0 Å². The van der Waals surface area contributed by atoms with Crippen LogP contribution in [-0.4, -0.2) is 10.9 Å². The summed E-state index contributed by atoms with van der Waals surface area (Å²) in [6, 6.07) is 16.8. The molecule has 0 radical (unpaired) electrons. The van der Waals surface area contributed by atoms with Crippen molar-refractivity contribution < 1.29 is 9.90 Å². The van der Waals surface area contributed by atoms with Gasteiger partial charge in [-0.1, -0.05) is 54.6 Å². The lowest BCUT2D eigenvalue weighted by Crippen LogP contribution is -2.42. The molecule has 0 saturated carbocycles. The molecule has 0 heterocycles. The molecule has 2 aromatic carbocycles. The molecule has 0 saturated heterocycles. The van der Waals surface area contributed by atoms with Crippen molar-refractivity contribution >= 4 is 5.78 Å². The molecule has 1 aliphatic carbocycles. The summed E-state index contributed by atoms with van der Waals surface area (Å²) in [6.07, 6.45) is 0. The lowest BCUT2D eigenvalue weighted by molar-refractivity contribution is -0.0113. The highest BCUT2D eigenvalue weighted by Gasteiger charge is 2.57. The summed E-state index contributed by atoms with van der Waals surface area (Å²) in [5, 5.41) is 11.3. The van der Waals surface area contributed by atoms with Gasteiger partial charge in [0.2, 0.25) is 0 Å². The van der Waals surface area contributed by atoms with E-state index in [0.29, 0.717) is 11.1 Å². The molecule has 0 aliphatic heterocycles. The third-order valence-electron chi connectivity index (χ3n) is 4.23. The number of carbonyl (C=O) groups excluding carboxylic acids is 1. The standard InChI is InChI=1S/C17H16O2/c1-16(2)15(18)13-10-6-7-11-14(13)17(16,19)12-8-4-3-5-9-12/h3-11,19H,1-2H3/t17-/m1/s1. The van der Waals surface area contributed by atoms with Gasteiger partial charge in [-0.25, -0.2) is 0 Å². The molecule has 96 valence electrons. The van der Waals surface area contributed by atoms with E-state index in [1.807, 2.05) is 62.4 Å². The van der Waals surface area contributed by atoms with Gasteiger partial charge in [-0.3, -0.25) is 4.79 Å². The van der Waals surface area contributed by atoms with Crippen molar-refractivity contribution in [2.75, 3.05) is 0 Å². The number of benzene rings is 2. The van der Waals surface area contributed by atoms with Crippen LogP contribution in [0.2, 0.25) is 0 Å². The van der Waals surface area contributed by atoms with Gasteiger partial charge in [-0.15, -0.1) is 0 Å². The van der Waals surface area contributed by atoms with E-state index < -0.39 is 11.0 Å². The van der Waals surface area contributed by atoms with E-state index in [2.05, 4.69) is 0 Å². The summed E-state index contributed by atoms with van der Waals surface area (Å²) in [4.78, 5) is 12.5. The van der Waals surface area contributed by atoms with Crippen LogP contribution in [0, 0.1) is 5.41 Å². The lowest BCUT2D eigenvalue weighted by atomic mass is 9.71. The minimum Gasteiger partial charge on any atom is -0.379 e. The summed E-state index contributed by atoms with van der Waals surface area (Å²) >= 11 is 0. The topological polar surface area (TPSA) is 37.3 Å². The molecule has 2 nitrogen and oxygen atoms in total. The first-order valence-electron chi connectivity index (χ1n) is 6.42. The van der Waals surface area contributed by atoms with E-state index in [-0.39, 0.29) is 5.78 Å². The van der Waals surface area contributed by atoms with E-state index in [1.165, 1.54) is 0 Å². The Labute approximate surface area is 112 Å². The fourth-order valence-corrected chi connectivity index (χ4v) is 3.03. The Hall–Kier alpha value is -1.93. The third kappa shape index (κ3) is 1.38. The zero-order valence-corrected chi connectivity index (χ0v) is 11.1. The number of ketones is 1. The molecule has 2 aromatic rings. The van der Waals surface area contributed by atoms with E-state index in [9.17, 15) is 9.90 Å². The Kier molecular flexibility index (Phi) is 2.41. The minimum atomic E-state index is -1.26. The maximum Gasteiger partial charge on any atom is 0.172 e. The highest BCUT2D eigenvalue weighted by Crippen LogP contribution is 2.53. The molecule has 19 heavy (non-hydrogen) atoms. The first-order chi connectivity index (χ1) is 8.99. The number of fused-ring (bicyclic) bond motifs is 1. The second-order valence-corrected chi connectivity index (χ2v) is 5.58. The second kappa shape index (κ2) is 3.78. The molecule has 3 rings (SSSR count). The van der Waals surface area contributed by atoms with Gasteiger partial charge < -0.3 is 5.11 Å². The fraction of sp³-hybridized carbons (Fsp3) is 0.235. The smallest absolute Gasteiger partial charge is 0.172 e. The van der Waals surface area contributed by atoms with Crippen LogP contribution in [0.1, 0.15) is 35.3 Å². The molecular weight excluding hydrogens is 236 g/mol. The maximum atomic E-state index is 12.5. The molecule has 0 amide bonds. The Balaban J connectivity index is 2.34. The van der Waals surface area contributed by atoms with Gasteiger partial charge in [-0.2, -0.15) is 0 Å². The van der Waals surface area contributed by atoms with Crippen LogP contribution in [0.4, 0.5) is 0 Å². The van der Waals surface area contributed by atoms with E-state index in [0.717, 1.165) is 5.56 Å². The van der Waals surface area contributed by atoms with E-state index in [1.54, 1.807) is 6.07 Å². The Morgan fingerprint density at radius 3 is 2.16 bits per heavy atom. The van der Waals surface area contributed by atoms with Crippen molar-refractivity contribution in [1.82, 2.24) is 0 Å². The molecule has 0 aromatic heterocycles. The van der Waals surface area contributed by atoms with Crippen molar-refractivity contribution in [2.45, 2.75) is 19.4 Å². The van der Waals surface area contributed by atoms with Crippen LogP contribution < -0.4 is 0 Å². The number of rotatable bonds is 1. The first kappa shape index (κ1) is 12.1. The predicted molar refractivity (Wildman–Crippen MR) is 74.0 cm³/mol. The lowest BCUT2D eigenvalue weighted by Gasteiger charge is -2.36. The number of hydrogen-bond donors (Lipinski definition) is 1. The molecule has 1 N–H and O–H groups in total. The van der Waals surface area contributed by atoms with Crippen LogP contribution in [0.5, 0.6) is 0 Å². The maximum absolute atomic E-state index is 12.5. The average Bonchev–Trinajstić information content (AvgIpc) is 2.60. The number of carbonyl (C=O) groups is 1. The first-order valence-corrected chi connectivity index (χ1v) is 6.42. The molecule has 0 bridgehead atoms. The zero-order valence-electron chi connectivity index (χ0n) is 11.1. The molecule has 1 aliphatic rings. The number of aliphatic hydroxyl groups is 1. The van der Waals surface area contributed by atoms with Crippen LogP contribution in [0.15, 0.2) is 54.6 Å². The minimum absolute atomic E-state index is 0.00514. The summed E-state index contributed by atoms with van der Waals surface area (Å²) in [7, 11) is 0. The van der Waals surface area contributed by atoms with Gasteiger partial charge in [0.05, 0.1) is 5.41 Å². The number of Topliss-reactive ketones (excluding diaryl/α,β-unsaturated/α-hetero) is 1. The molecule has 0 unspecified atom stereocenters. The molecular formula is C17H16O2.